The Kier molecular flexibility index (Phi) is 4.04. The molecule has 3 nitrogen and oxygen atoms in total. The van der Waals surface area contributed by atoms with Crippen LogP contribution in [0, 0.1) is 11.6 Å². The molecule has 2 aromatic carbocycles. The summed E-state index contributed by atoms with van der Waals surface area (Å²) >= 11 is 0. The highest BCUT2D eigenvalue weighted by Crippen LogP contribution is 2.23. The summed E-state index contributed by atoms with van der Waals surface area (Å²) in [6.07, 6.45) is 0.596. The summed E-state index contributed by atoms with van der Waals surface area (Å²) in [5.41, 5.74) is 1.06. The van der Waals surface area contributed by atoms with E-state index in [4.69, 9.17) is 0 Å². The number of sulfonamides is 1. The number of rotatable bonds is 4. The SMILES string of the molecule is CCc1ccccc1NS(=O)(=O)c1c(F)cccc1F. The third-order valence-corrected chi connectivity index (χ3v) is 4.25. The molecule has 0 aliphatic heterocycles. The minimum absolute atomic E-state index is 0.317. The number of benzene rings is 2. The zero-order valence-corrected chi connectivity index (χ0v) is 11.5. The van der Waals surface area contributed by atoms with E-state index >= 15 is 0 Å². The lowest BCUT2D eigenvalue weighted by Gasteiger charge is -2.12. The fraction of sp³-hybridized carbons (Fsp3) is 0.143. The van der Waals surface area contributed by atoms with E-state index in [0.29, 0.717) is 12.1 Å². The van der Waals surface area contributed by atoms with Crippen molar-refractivity contribution >= 4 is 15.7 Å². The molecular formula is C14H13F2NO2S. The molecule has 0 saturated carbocycles. The summed E-state index contributed by atoms with van der Waals surface area (Å²) in [5, 5.41) is 0. The second-order valence-electron chi connectivity index (χ2n) is 4.17. The van der Waals surface area contributed by atoms with Gasteiger partial charge in [0.25, 0.3) is 10.0 Å². The standard InChI is InChI=1S/C14H13F2NO2S/c1-2-10-6-3-4-9-13(10)17-20(18,19)14-11(15)7-5-8-12(14)16/h3-9,17H,2H2,1H3. The molecule has 2 rings (SSSR count). The molecule has 0 aliphatic rings. The van der Waals surface area contributed by atoms with Crippen LogP contribution in [0.5, 0.6) is 0 Å². The van der Waals surface area contributed by atoms with Gasteiger partial charge in [-0.3, -0.25) is 4.72 Å². The van der Waals surface area contributed by atoms with Crippen LogP contribution in [0.25, 0.3) is 0 Å². The van der Waals surface area contributed by atoms with Gasteiger partial charge in [-0.05, 0) is 30.2 Å². The smallest absolute Gasteiger partial charge is 0.267 e. The maximum Gasteiger partial charge on any atom is 0.267 e. The van der Waals surface area contributed by atoms with E-state index in [1.54, 1.807) is 24.3 Å². The minimum atomic E-state index is -4.31. The molecule has 0 unspecified atom stereocenters. The molecule has 0 heterocycles. The fourth-order valence-corrected chi connectivity index (χ4v) is 3.10. The van der Waals surface area contributed by atoms with Crippen molar-refractivity contribution in [3.8, 4) is 0 Å². The molecule has 0 spiro atoms. The summed E-state index contributed by atoms with van der Waals surface area (Å²) in [7, 11) is -4.31. The van der Waals surface area contributed by atoms with Gasteiger partial charge in [-0.1, -0.05) is 31.2 Å². The lowest BCUT2D eigenvalue weighted by molar-refractivity contribution is 0.521. The van der Waals surface area contributed by atoms with Crippen LogP contribution in [-0.4, -0.2) is 8.42 Å². The third-order valence-electron chi connectivity index (χ3n) is 2.83. The number of para-hydroxylation sites is 1. The van der Waals surface area contributed by atoms with Crippen molar-refractivity contribution in [3.63, 3.8) is 0 Å². The average molecular weight is 297 g/mol. The highest BCUT2D eigenvalue weighted by molar-refractivity contribution is 7.92. The maximum atomic E-state index is 13.6. The van der Waals surface area contributed by atoms with E-state index in [0.717, 1.165) is 23.8 Å². The van der Waals surface area contributed by atoms with Gasteiger partial charge in [0.15, 0.2) is 4.90 Å². The van der Waals surface area contributed by atoms with E-state index in [9.17, 15) is 17.2 Å². The molecule has 2 aromatic rings. The van der Waals surface area contributed by atoms with Gasteiger partial charge in [0.05, 0.1) is 5.69 Å². The van der Waals surface area contributed by atoms with Gasteiger partial charge in [-0.15, -0.1) is 0 Å². The van der Waals surface area contributed by atoms with Crippen LogP contribution in [0.4, 0.5) is 14.5 Å². The molecule has 6 heteroatoms. The van der Waals surface area contributed by atoms with Crippen LogP contribution < -0.4 is 4.72 Å². The molecule has 0 aliphatic carbocycles. The van der Waals surface area contributed by atoms with E-state index in [1.807, 2.05) is 6.92 Å². The fourth-order valence-electron chi connectivity index (χ4n) is 1.86. The van der Waals surface area contributed by atoms with Gasteiger partial charge >= 0.3 is 0 Å². The molecule has 1 N–H and O–H groups in total. The molecule has 0 amide bonds. The first-order valence-electron chi connectivity index (χ1n) is 6.00. The lowest BCUT2D eigenvalue weighted by atomic mass is 10.1. The molecule has 0 aromatic heterocycles. The molecular weight excluding hydrogens is 284 g/mol. The van der Waals surface area contributed by atoms with Crippen molar-refractivity contribution in [2.75, 3.05) is 4.72 Å². The first kappa shape index (κ1) is 14.5. The van der Waals surface area contributed by atoms with Crippen LogP contribution in [-0.2, 0) is 16.4 Å². The first-order valence-corrected chi connectivity index (χ1v) is 7.48. The molecule has 20 heavy (non-hydrogen) atoms. The Bertz CT molecular complexity index is 709. The summed E-state index contributed by atoms with van der Waals surface area (Å²) in [5.74, 6) is -2.24. The zero-order chi connectivity index (χ0) is 14.8. The number of nitrogens with one attached hydrogen (secondary N) is 1. The maximum absolute atomic E-state index is 13.6. The van der Waals surface area contributed by atoms with Gasteiger partial charge < -0.3 is 0 Å². The Hall–Kier alpha value is -1.95. The van der Waals surface area contributed by atoms with Crippen molar-refractivity contribution in [1.82, 2.24) is 0 Å². The Labute approximate surface area is 116 Å². The van der Waals surface area contributed by atoms with E-state index in [-0.39, 0.29) is 0 Å². The van der Waals surface area contributed by atoms with Crippen LogP contribution >= 0.6 is 0 Å². The minimum Gasteiger partial charge on any atom is -0.279 e. The molecule has 0 bridgehead atoms. The first-order chi connectivity index (χ1) is 9.45. The molecule has 0 saturated heterocycles. The number of anilines is 1. The van der Waals surface area contributed by atoms with E-state index in [1.165, 1.54) is 0 Å². The van der Waals surface area contributed by atoms with Crippen molar-refractivity contribution in [1.29, 1.82) is 0 Å². The van der Waals surface area contributed by atoms with Crippen LogP contribution in [0.1, 0.15) is 12.5 Å². The van der Waals surface area contributed by atoms with E-state index in [2.05, 4.69) is 4.72 Å². The van der Waals surface area contributed by atoms with Crippen LogP contribution in [0.15, 0.2) is 47.4 Å². The third kappa shape index (κ3) is 2.80. The second kappa shape index (κ2) is 5.58. The van der Waals surface area contributed by atoms with Gasteiger partial charge in [0.2, 0.25) is 0 Å². The van der Waals surface area contributed by atoms with Gasteiger partial charge in [0, 0.05) is 0 Å². The number of halogens is 2. The van der Waals surface area contributed by atoms with Crippen molar-refractivity contribution in [2.24, 2.45) is 0 Å². The van der Waals surface area contributed by atoms with Crippen molar-refractivity contribution < 1.29 is 17.2 Å². The number of aryl methyl sites for hydroxylation is 1. The van der Waals surface area contributed by atoms with Crippen LogP contribution in [0.3, 0.4) is 0 Å². The Morgan fingerprint density at radius 3 is 2.20 bits per heavy atom. The Balaban J connectivity index is 2.47. The average Bonchev–Trinajstić information content (AvgIpc) is 2.38. The molecule has 0 atom stereocenters. The number of hydrogen-bond donors (Lipinski definition) is 1. The largest absolute Gasteiger partial charge is 0.279 e. The van der Waals surface area contributed by atoms with Gasteiger partial charge in [-0.25, -0.2) is 17.2 Å². The Morgan fingerprint density at radius 2 is 1.60 bits per heavy atom. The molecule has 0 fully saturated rings. The van der Waals surface area contributed by atoms with Crippen molar-refractivity contribution in [2.45, 2.75) is 18.2 Å². The van der Waals surface area contributed by atoms with Crippen LogP contribution in [0.2, 0.25) is 0 Å². The second-order valence-corrected chi connectivity index (χ2v) is 5.79. The summed E-state index contributed by atoms with van der Waals surface area (Å²) < 4.78 is 53.6. The highest BCUT2D eigenvalue weighted by atomic mass is 32.2. The normalized spacial score (nSPS) is 11.3. The van der Waals surface area contributed by atoms with Gasteiger partial charge in [0.1, 0.15) is 11.6 Å². The number of hydrogen-bond acceptors (Lipinski definition) is 2. The topological polar surface area (TPSA) is 46.2 Å². The highest BCUT2D eigenvalue weighted by Gasteiger charge is 2.24. The van der Waals surface area contributed by atoms with E-state index < -0.39 is 26.6 Å². The summed E-state index contributed by atoms with van der Waals surface area (Å²) in [4.78, 5) is -0.967. The predicted molar refractivity (Wildman–Crippen MR) is 73.0 cm³/mol. The quantitative estimate of drug-likeness (QED) is 0.941. The monoisotopic (exact) mass is 297 g/mol. The zero-order valence-electron chi connectivity index (χ0n) is 10.7. The van der Waals surface area contributed by atoms with Gasteiger partial charge in [-0.2, -0.15) is 0 Å². The summed E-state index contributed by atoms with van der Waals surface area (Å²) in [6.45, 7) is 1.86. The molecule has 106 valence electrons. The Morgan fingerprint density at radius 1 is 1.00 bits per heavy atom. The predicted octanol–water partition coefficient (Wildman–Crippen LogP) is 3.33. The van der Waals surface area contributed by atoms with Crippen molar-refractivity contribution in [3.05, 3.63) is 59.7 Å². The summed E-state index contributed by atoms with van der Waals surface area (Å²) in [6, 6.07) is 9.64. The lowest BCUT2D eigenvalue weighted by Crippen LogP contribution is -2.17. The molecule has 0 radical (unpaired) electrons.